The predicted octanol–water partition coefficient (Wildman–Crippen LogP) is 3.47. The fourth-order valence-corrected chi connectivity index (χ4v) is 2.75. The zero-order valence-electron chi connectivity index (χ0n) is 11.3. The van der Waals surface area contributed by atoms with E-state index >= 15 is 0 Å². The first-order chi connectivity index (χ1) is 8.55. The van der Waals surface area contributed by atoms with E-state index in [0.29, 0.717) is 4.90 Å². The van der Waals surface area contributed by atoms with Crippen molar-refractivity contribution < 1.29 is 8.42 Å². The predicted molar refractivity (Wildman–Crippen MR) is 76.8 cm³/mol. The number of benzene rings is 1. The number of hydrogen-bond acceptors (Lipinski definition) is 3. The van der Waals surface area contributed by atoms with Gasteiger partial charge in [0.05, 0.1) is 10.6 Å². The average molecular weight is 269 g/mol. The van der Waals surface area contributed by atoms with Crippen LogP contribution in [0.15, 0.2) is 29.2 Å². The number of hydrogen-bond donors (Lipinski definition) is 1. The first kappa shape index (κ1) is 15.0. The van der Waals surface area contributed by atoms with Crippen molar-refractivity contribution in [2.45, 2.75) is 43.9 Å². The van der Waals surface area contributed by atoms with Gasteiger partial charge in [0.15, 0.2) is 9.84 Å². The molecule has 3 nitrogen and oxygen atoms in total. The minimum Gasteiger partial charge on any atom is -0.384 e. The van der Waals surface area contributed by atoms with Crippen LogP contribution in [0.5, 0.6) is 0 Å². The number of rotatable bonds is 8. The first-order valence-electron chi connectivity index (χ1n) is 6.58. The summed E-state index contributed by atoms with van der Waals surface area (Å²) in [5, 5.41) is 3.22. The Morgan fingerprint density at radius 1 is 1.06 bits per heavy atom. The molecular weight excluding hydrogens is 246 g/mol. The number of sulfone groups is 1. The minimum atomic E-state index is -3.15. The molecule has 0 saturated heterocycles. The third kappa shape index (κ3) is 5.08. The lowest BCUT2D eigenvalue weighted by atomic mass is 10.1. The van der Waals surface area contributed by atoms with Crippen LogP contribution in [0.3, 0.4) is 0 Å². The molecule has 0 heterocycles. The Labute approximate surface area is 111 Å². The lowest BCUT2D eigenvalue weighted by Gasteiger charge is -2.10. The highest BCUT2D eigenvalue weighted by Crippen LogP contribution is 2.20. The summed E-state index contributed by atoms with van der Waals surface area (Å²) in [6, 6.07) is 7.08. The van der Waals surface area contributed by atoms with Gasteiger partial charge in [-0.25, -0.2) is 8.42 Å². The van der Waals surface area contributed by atoms with Crippen molar-refractivity contribution in [3.63, 3.8) is 0 Å². The van der Waals surface area contributed by atoms with E-state index in [1.54, 1.807) is 12.1 Å². The van der Waals surface area contributed by atoms with Crippen LogP contribution in [0.1, 0.15) is 39.0 Å². The van der Waals surface area contributed by atoms with Crippen LogP contribution in [0.2, 0.25) is 0 Å². The second kappa shape index (κ2) is 7.41. The van der Waals surface area contributed by atoms with Crippen LogP contribution >= 0.6 is 0 Å². The third-order valence-electron chi connectivity index (χ3n) is 2.88. The molecule has 0 aliphatic carbocycles. The fraction of sp³-hybridized carbons (Fsp3) is 0.571. The Morgan fingerprint density at radius 3 is 2.39 bits per heavy atom. The molecule has 0 radical (unpaired) electrons. The molecule has 0 fully saturated rings. The second-order valence-electron chi connectivity index (χ2n) is 4.61. The van der Waals surface area contributed by atoms with Gasteiger partial charge in [-0.05, 0) is 18.6 Å². The Hall–Kier alpha value is -1.03. The van der Waals surface area contributed by atoms with E-state index in [1.165, 1.54) is 31.9 Å². The van der Waals surface area contributed by atoms with Gasteiger partial charge in [0.25, 0.3) is 0 Å². The highest BCUT2D eigenvalue weighted by atomic mass is 32.2. The SMILES string of the molecule is CCCCCCCNc1ccccc1S(C)(=O)=O. The van der Waals surface area contributed by atoms with Crippen molar-refractivity contribution in [1.29, 1.82) is 0 Å². The molecule has 1 rings (SSSR count). The third-order valence-corrected chi connectivity index (χ3v) is 4.04. The zero-order chi connectivity index (χ0) is 13.4. The van der Waals surface area contributed by atoms with Gasteiger partial charge in [0, 0.05) is 12.8 Å². The quantitative estimate of drug-likeness (QED) is 0.735. The van der Waals surface area contributed by atoms with Crippen LogP contribution in [-0.4, -0.2) is 21.2 Å². The molecule has 1 aromatic rings. The smallest absolute Gasteiger partial charge is 0.177 e. The van der Waals surface area contributed by atoms with E-state index in [4.69, 9.17) is 0 Å². The van der Waals surface area contributed by atoms with E-state index in [0.717, 1.165) is 18.7 Å². The molecule has 18 heavy (non-hydrogen) atoms. The summed E-state index contributed by atoms with van der Waals surface area (Å²) >= 11 is 0. The average Bonchev–Trinajstić information content (AvgIpc) is 2.33. The van der Waals surface area contributed by atoms with Crippen LogP contribution in [-0.2, 0) is 9.84 Å². The fourth-order valence-electron chi connectivity index (χ4n) is 1.89. The van der Waals surface area contributed by atoms with Gasteiger partial charge in [-0.1, -0.05) is 44.7 Å². The van der Waals surface area contributed by atoms with Crippen molar-refractivity contribution >= 4 is 15.5 Å². The van der Waals surface area contributed by atoms with Gasteiger partial charge in [0.1, 0.15) is 0 Å². The highest BCUT2D eigenvalue weighted by molar-refractivity contribution is 7.90. The van der Waals surface area contributed by atoms with Crippen molar-refractivity contribution in [3.8, 4) is 0 Å². The van der Waals surface area contributed by atoms with E-state index < -0.39 is 9.84 Å². The molecule has 1 aromatic carbocycles. The molecule has 0 aliphatic heterocycles. The lowest BCUT2D eigenvalue weighted by molar-refractivity contribution is 0.602. The molecule has 0 bridgehead atoms. The van der Waals surface area contributed by atoms with Crippen molar-refractivity contribution in [2.24, 2.45) is 0 Å². The summed E-state index contributed by atoms with van der Waals surface area (Å²) in [7, 11) is -3.15. The minimum absolute atomic E-state index is 0.388. The molecular formula is C14H23NO2S. The Balaban J connectivity index is 2.48. The van der Waals surface area contributed by atoms with Crippen molar-refractivity contribution in [2.75, 3.05) is 18.1 Å². The van der Waals surface area contributed by atoms with Crippen molar-refractivity contribution in [3.05, 3.63) is 24.3 Å². The van der Waals surface area contributed by atoms with Gasteiger partial charge < -0.3 is 5.32 Å². The molecule has 4 heteroatoms. The van der Waals surface area contributed by atoms with E-state index in [9.17, 15) is 8.42 Å². The van der Waals surface area contributed by atoms with Crippen LogP contribution in [0, 0.1) is 0 Å². The number of unbranched alkanes of at least 4 members (excludes halogenated alkanes) is 4. The molecule has 0 aliphatic rings. The maximum absolute atomic E-state index is 11.6. The van der Waals surface area contributed by atoms with Crippen LogP contribution in [0.4, 0.5) is 5.69 Å². The van der Waals surface area contributed by atoms with E-state index in [2.05, 4.69) is 12.2 Å². The van der Waals surface area contributed by atoms with E-state index in [1.807, 2.05) is 12.1 Å². The largest absolute Gasteiger partial charge is 0.384 e. The Morgan fingerprint density at radius 2 is 1.72 bits per heavy atom. The number of para-hydroxylation sites is 1. The van der Waals surface area contributed by atoms with Gasteiger partial charge in [-0.2, -0.15) is 0 Å². The molecule has 102 valence electrons. The molecule has 0 atom stereocenters. The Kier molecular flexibility index (Phi) is 6.19. The molecule has 0 saturated carbocycles. The van der Waals surface area contributed by atoms with Gasteiger partial charge >= 0.3 is 0 Å². The maximum atomic E-state index is 11.6. The lowest BCUT2D eigenvalue weighted by Crippen LogP contribution is -2.07. The van der Waals surface area contributed by atoms with Gasteiger partial charge in [-0.15, -0.1) is 0 Å². The molecule has 0 unspecified atom stereocenters. The second-order valence-corrected chi connectivity index (χ2v) is 6.59. The maximum Gasteiger partial charge on any atom is 0.177 e. The monoisotopic (exact) mass is 269 g/mol. The molecule has 0 amide bonds. The summed E-state index contributed by atoms with van der Waals surface area (Å²) in [6.45, 7) is 3.02. The van der Waals surface area contributed by atoms with Crippen LogP contribution < -0.4 is 5.32 Å². The molecule has 0 spiro atoms. The van der Waals surface area contributed by atoms with E-state index in [-0.39, 0.29) is 0 Å². The number of anilines is 1. The first-order valence-corrected chi connectivity index (χ1v) is 8.48. The Bertz CT molecular complexity index is 455. The molecule has 0 aromatic heterocycles. The number of nitrogens with one attached hydrogen (secondary N) is 1. The summed E-state index contributed by atoms with van der Waals surface area (Å²) in [6.07, 6.45) is 7.30. The van der Waals surface area contributed by atoms with Gasteiger partial charge in [-0.3, -0.25) is 0 Å². The summed E-state index contributed by atoms with van der Waals surface area (Å²) < 4.78 is 23.2. The van der Waals surface area contributed by atoms with Crippen molar-refractivity contribution in [1.82, 2.24) is 0 Å². The standard InChI is InChI=1S/C14H23NO2S/c1-3-4-5-6-9-12-15-13-10-7-8-11-14(13)18(2,16)17/h7-8,10-11,15H,3-6,9,12H2,1-2H3. The normalized spacial score (nSPS) is 11.4. The summed E-state index contributed by atoms with van der Waals surface area (Å²) in [4.78, 5) is 0.388. The highest BCUT2D eigenvalue weighted by Gasteiger charge is 2.11. The summed E-state index contributed by atoms with van der Waals surface area (Å²) in [5.41, 5.74) is 0.718. The summed E-state index contributed by atoms with van der Waals surface area (Å²) in [5.74, 6) is 0. The van der Waals surface area contributed by atoms with Gasteiger partial charge in [0.2, 0.25) is 0 Å². The zero-order valence-corrected chi connectivity index (χ0v) is 12.1. The molecule has 1 N–H and O–H groups in total. The topological polar surface area (TPSA) is 46.2 Å². The van der Waals surface area contributed by atoms with Crippen LogP contribution in [0.25, 0.3) is 0 Å².